The molecule has 9 nitrogen and oxygen atoms in total. The molecule has 2 aromatic rings. The van der Waals surface area contributed by atoms with E-state index in [1.165, 1.54) is 51.4 Å². The maximum absolute atomic E-state index is 13.7. The van der Waals surface area contributed by atoms with Crippen LogP contribution in [0.2, 0.25) is 0 Å². The Bertz CT molecular complexity index is 1200. The second-order valence-corrected chi connectivity index (χ2v) is 12.1. The summed E-state index contributed by atoms with van der Waals surface area (Å²) in [7, 11) is -4.86. The molecule has 2 aliphatic heterocycles. The second-order valence-electron chi connectivity index (χ2n) is 10.8. The van der Waals surface area contributed by atoms with Gasteiger partial charge in [-0.2, -0.15) is 0 Å². The number of nitrogens with one attached hydrogen (secondary N) is 1. The molecule has 4 aliphatic rings. The molecule has 3 unspecified atom stereocenters. The SMILES string of the molecule is O=C(NP(=O)(O)O)c1nc2ccccc2n(C2CC3CCCCC2CN3C2CCCCCCC2)c1=O. The van der Waals surface area contributed by atoms with E-state index >= 15 is 0 Å². The Morgan fingerprint density at radius 1 is 0.944 bits per heavy atom. The number of nitrogens with zero attached hydrogens (tertiary/aromatic N) is 3. The molecule has 10 heteroatoms. The first kappa shape index (κ1) is 25.6. The highest BCUT2D eigenvalue weighted by molar-refractivity contribution is 7.50. The van der Waals surface area contributed by atoms with Crippen molar-refractivity contribution in [3.05, 3.63) is 40.3 Å². The molecule has 3 atom stereocenters. The molecular formula is C26H37N4O5P. The molecular weight excluding hydrogens is 479 g/mol. The summed E-state index contributed by atoms with van der Waals surface area (Å²) >= 11 is 0. The summed E-state index contributed by atoms with van der Waals surface area (Å²) < 4.78 is 13.1. The summed E-state index contributed by atoms with van der Waals surface area (Å²) in [6.45, 7) is 0.951. The van der Waals surface area contributed by atoms with Crippen LogP contribution in [0.15, 0.2) is 29.1 Å². The zero-order chi connectivity index (χ0) is 25.3. The molecule has 1 aromatic heterocycles. The van der Waals surface area contributed by atoms with E-state index < -0.39 is 24.9 Å². The van der Waals surface area contributed by atoms with Crippen molar-refractivity contribution in [1.82, 2.24) is 19.5 Å². The molecule has 2 aliphatic carbocycles. The van der Waals surface area contributed by atoms with Crippen LogP contribution < -0.4 is 10.6 Å². The van der Waals surface area contributed by atoms with E-state index in [4.69, 9.17) is 0 Å². The molecule has 36 heavy (non-hydrogen) atoms. The number of carbonyl (C=O) groups excluding carboxylic acids is 1. The summed E-state index contributed by atoms with van der Waals surface area (Å²) in [5.41, 5.74) is 0.104. The van der Waals surface area contributed by atoms with E-state index in [-0.39, 0.29) is 12.0 Å². The normalized spacial score (nSPS) is 26.7. The lowest BCUT2D eigenvalue weighted by atomic mass is 9.77. The highest BCUT2D eigenvalue weighted by Crippen LogP contribution is 2.42. The Morgan fingerprint density at radius 2 is 1.58 bits per heavy atom. The summed E-state index contributed by atoms with van der Waals surface area (Å²) in [5, 5.41) is 1.63. The first-order chi connectivity index (χ1) is 17.3. The van der Waals surface area contributed by atoms with E-state index in [1.54, 1.807) is 21.8 Å². The van der Waals surface area contributed by atoms with E-state index in [0.717, 1.165) is 32.2 Å². The van der Waals surface area contributed by atoms with Gasteiger partial charge in [0.1, 0.15) is 0 Å². The van der Waals surface area contributed by atoms with Crippen LogP contribution in [0.1, 0.15) is 93.6 Å². The summed E-state index contributed by atoms with van der Waals surface area (Å²) in [4.78, 5) is 51.9. The molecule has 1 aromatic carbocycles. The lowest BCUT2D eigenvalue weighted by Crippen LogP contribution is -2.54. The molecule has 6 rings (SSSR count). The molecule has 2 saturated carbocycles. The van der Waals surface area contributed by atoms with Crippen LogP contribution in [0.25, 0.3) is 11.0 Å². The summed E-state index contributed by atoms with van der Waals surface area (Å²) in [6, 6.07) is 8.15. The Morgan fingerprint density at radius 3 is 2.33 bits per heavy atom. The minimum Gasteiger partial charge on any atom is -0.308 e. The number of para-hydroxylation sites is 2. The van der Waals surface area contributed by atoms with E-state index in [0.29, 0.717) is 23.1 Å². The number of benzene rings is 1. The Balaban J connectivity index is 1.53. The predicted octanol–water partition coefficient (Wildman–Crippen LogP) is 4.14. The van der Waals surface area contributed by atoms with Gasteiger partial charge in [-0.05, 0) is 50.2 Å². The van der Waals surface area contributed by atoms with Crippen LogP contribution in [-0.2, 0) is 4.57 Å². The summed E-state index contributed by atoms with van der Waals surface area (Å²) in [5.74, 6) is -0.867. The molecule has 2 saturated heterocycles. The average molecular weight is 517 g/mol. The van der Waals surface area contributed by atoms with Crippen molar-refractivity contribution in [2.75, 3.05) is 6.54 Å². The van der Waals surface area contributed by atoms with Crippen LogP contribution in [0, 0.1) is 5.92 Å². The minimum atomic E-state index is -4.86. The van der Waals surface area contributed by atoms with Gasteiger partial charge in [0, 0.05) is 24.7 Å². The largest absolute Gasteiger partial charge is 0.430 e. The zero-order valence-corrected chi connectivity index (χ0v) is 21.6. The number of hydrogen-bond acceptors (Lipinski definition) is 5. The monoisotopic (exact) mass is 516 g/mol. The topological polar surface area (TPSA) is 125 Å². The number of piperidine rings is 1. The van der Waals surface area contributed by atoms with Gasteiger partial charge in [-0.1, -0.05) is 57.1 Å². The first-order valence-corrected chi connectivity index (χ1v) is 15.1. The van der Waals surface area contributed by atoms with Crippen molar-refractivity contribution < 1.29 is 19.1 Å². The fourth-order valence-electron chi connectivity index (χ4n) is 6.85. The Hall–Kier alpha value is -2.06. The molecule has 2 bridgehead atoms. The smallest absolute Gasteiger partial charge is 0.308 e. The van der Waals surface area contributed by atoms with Gasteiger partial charge in [-0.25, -0.2) is 9.55 Å². The van der Waals surface area contributed by atoms with Crippen molar-refractivity contribution in [3.8, 4) is 0 Å². The van der Waals surface area contributed by atoms with Gasteiger partial charge in [-0.15, -0.1) is 0 Å². The van der Waals surface area contributed by atoms with Gasteiger partial charge in [0.15, 0.2) is 5.69 Å². The Kier molecular flexibility index (Phi) is 7.63. The van der Waals surface area contributed by atoms with Crippen molar-refractivity contribution in [3.63, 3.8) is 0 Å². The van der Waals surface area contributed by atoms with Crippen molar-refractivity contribution in [2.45, 2.75) is 95.2 Å². The molecule has 0 spiro atoms. The van der Waals surface area contributed by atoms with E-state index in [2.05, 4.69) is 9.88 Å². The van der Waals surface area contributed by atoms with Gasteiger partial charge < -0.3 is 14.4 Å². The van der Waals surface area contributed by atoms with E-state index in [1.807, 2.05) is 12.1 Å². The highest BCUT2D eigenvalue weighted by Gasteiger charge is 2.41. The van der Waals surface area contributed by atoms with Gasteiger partial charge in [0.25, 0.3) is 11.5 Å². The number of carbonyl (C=O) groups is 1. The first-order valence-electron chi connectivity index (χ1n) is 13.5. The van der Waals surface area contributed by atoms with Crippen LogP contribution in [0.3, 0.4) is 0 Å². The molecule has 196 valence electrons. The Labute approximate surface area is 211 Å². The van der Waals surface area contributed by atoms with Crippen molar-refractivity contribution in [2.24, 2.45) is 5.92 Å². The maximum Gasteiger partial charge on any atom is 0.430 e. The third-order valence-corrected chi connectivity index (χ3v) is 8.96. The number of aromatic nitrogens is 2. The number of rotatable bonds is 4. The van der Waals surface area contributed by atoms with Gasteiger partial charge in [0.2, 0.25) is 0 Å². The number of amides is 1. The van der Waals surface area contributed by atoms with Crippen LogP contribution in [0.5, 0.6) is 0 Å². The highest BCUT2D eigenvalue weighted by atomic mass is 31.2. The molecule has 3 heterocycles. The van der Waals surface area contributed by atoms with Gasteiger partial charge >= 0.3 is 7.75 Å². The summed E-state index contributed by atoms with van der Waals surface area (Å²) in [6.07, 6.45) is 14.3. The average Bonchev–Trinajstić information content (AvgIpc) is 2.78. The van der Waals surface area contributed by atoms with Gasteiger partial charge in [-0.3, -0.25) is 19.6 Å². The second kappa shape index (κ2) is 10.7. The third-order valence-electron chi connectivity index (χ3n) is 8.47. The van der Waals surface area contributed by atoms with Crippen LogP contribution in [0.4, 0.5) is 0 Å². The number of hydrogen-bond donors (Lipinski definition) is 3. The van der Waals surface area contributed by atoms with Crippen molar-refractivity contribution in [1.29, 1.82) is 0 Å². The van der Waals surface area contributed by atoms with Crippen LogP contribution >= 0.6 is 7.75 Å². The molecule has 1 amide bonds. The molecule has 3 N–H and O–H groups in total. The van der Waals surface area contributed by atoms with Gasteiger partial charge in [0.05, 0.1) is 11.0 Å². The lowest BCUT2D eigenvalue weighted by molar-refractivity contribution is 0.00322. The standard InChI is InChI=1S/C26H37N4O5P/c31-25(28-36(33,34)35)24-26(32)30(22-15-9-8-14-21(22)27-24)23-16-20-13-7-6-10-18(23)17-29(20)19-11-4-2-1-3-5-12-19/h8-9,14-15,18-20,23H,1-7,10-13,16-17H2,(H3,28,31,33,34,35). The maximum atomic E-state index is 13.7. The lowest BCUT2D eigenvalue weighted by Gasteiger charge is -2.50. The third kappa shape index (κ3) is 5.44. The minimum absolute atomic E-state index is 0.0814. The zero-order valence-electron chi connectivity index (χ0n) is 20.7. The predicted molar refractivity (Wildman–Crippen MR) is 138 cm³/mol. The van der Waals surface area contributed by atoms with Crippen LogP contribution in [-0.4, -0.2) is 48.8 Å². The molecule has 4 fully saturated rings. The quantitative estimate of drug-likeness (QED) is 0.522. The number of fused-ring (bicyclic) bond motifs is 6. The fourth-order valence-corrected chi connectivity index (χ4v) is 7.22. The fraction of sp³-hybridized carbons (Fsp3) is 0.654. The van der Waals surface area contributed by atoms with E-state index in [9.17, 15) is 23.9 Å². The van der Waals surface area contributed by atoms with Crippen molar-refractivity contribution >= 4 is 24.7 Å². The molecule has 0 radical (unpaired) electrons.